The molecule has 0 bridgehead atoms. The average Bonchev–Trinajstić information content (AvgIpc) is 1.60. The Balaban J connectivity index is 0.00000561. The number of fused-ring (bicyclic) bond motifs is 2. The molecule has 5 aliphatic rings. The molecule has 4 aromatic carbocycles. The molecular weight excluding hydrogens is 1300 g/mol. The van der Waals surface area contributed by atoms with E-state index in [-0.39, 0.29) is 21.1 Å². The Bertz CT molecular complexity index is 3690. The maximum atomic E-state index is 14.3. The number of nitrogens with one attached hydrogen (secondary N) is 2. The molecule has 0 saturated heterocycles. The van der Waals surface area contributed by atoms with Gasteiger partial charge in [-0.1, -0.05) is 149 Å². The monoisotopic (exact) mass is 1380 g/mol. The van der Waals surface area contributed by atoms with Crippen LogP contribution in [0.5, 0.6) is 11.5 Å². The van der Waals surface area contributed by atoms with Crippen LogP contribution < -0.4 is 38.7 Å². The van der Waals surface area contributed by atoms with E-state index in [4.69, 9.17) is 23.2 Å². The topological polar surface area (TPSA) is 148 Å². The highest BCUT2D eigenvalue weighted by Gasteiger charge is 2.44. The number of hydrazone groups is 2. The van der Waals surface area contributed by atoms with Crippen LogP contribution in [0.3, 0.4) is 0 Å². The minimum atomic E-state index is -4.96. The Kier molecular flexibility index (Phi) is 24.8. The SMILES string of the molecule is CC.CCCCCCCCCCCCNS(=O)(=O)c1ccc(N2N=C(C)/C(=C/C=C3/N(CCCCN4/C(=C/C=C5\C(=O)N(c6cc(Cl)c(SNC7CCCCC7)cc6Cl)N=C5C)C(C)(C)c5cc(OC(F)(F)F)ccc54)c4ccc(OC(F)(F)F)cc4C3(C)C)C2=O)cc1. The molecule has 9 rings (SSSR count). The molecule has 4 aliphatic heterocycles. The van der Waals surface area contributed by atoms with Crippen molar-refractivity contribution in [3.63, 3.8) is 0 Å². The maximum Gasteiger partial charge on any atom is 0.573 e. The molecule has 0 spiro atoms. The number of rotatable bonds is 27. The van der Waals surface area contributed by atoms with Gasteiger partial charge in [-0.3, -0.25) is 14.3 Å². The minimum absolute atomic E-state index is 0.0484. The standard InChI is InChI=1S/C68H80Cl2F6N8O6S2.C2H6/c1-8-9-10-11-12-13-14-15-16-20-37-77-92(87,88)50-29-25-47(26-30-50)83-63(85)51(44(2)78-83)31-35-61-65(4,5)53-40-48(89-67(71,72)73)27-33-57(53)81(61)38-21-22-39-82-58-34-28-49(90-68(74,75)76)41-54(58)66(6,7)62(82)36-32-52-45(3)79-84(64(52)86)59-42-56(70)60(43-55(59)69)91-80-46-23-18-17-19-24-46;1-2/h25-36,40-43,46,77,80H,8-24,37-39H2,1-7H3;1-2H3/b51-31-,52-32-,61-35+,62-36+;. The van der Waals surface area contributed by atoms with E-state index >= 15 is 0 Å². The number of halogens is 8. The summed E-state index contributed by atoms with van der Waals surface area (Å²) in [4.78, 5) is 33.2. The molecule has 4 heterocycles. The number of benzene rings is 4. The van der Waals surface area contributed by atoms with E-state index < -0.39 is 56.9 Å². The highest BCUT2D eigenvalue weighted by atomic mass is 35.5. The van der Waals surface area contributed by atoms with Gasteiger partial charge in [-0.25, -0.2) is 13.1 Å². The second kappa shape index (κ2) is 31.7. The molecule has 24 heteroatoms. The fourth-order valence-electron chi connectivity index (χ4n) is 12.6. The number of hydrogen-bond acceptors (Lipinski definition) is 12. The van der Waals surface area contributed by atoms with Crippen molar-refractivity contribution >= 4 is 91.2 Å². The zero-order valence-electron chi connectivity index (χ0n) is 54.9. The summed E-state index contributed by atoms with van der Waals surface area (Å²) in [6.07, 6.45) is 14.8. The van der Waals surface area contributed by atoms with Gasteiger partial charge in [0.1, 0.15) is 11.5 Å². The largest absolute Gasteiger partial charge is 0.573 e. The molecule has 0 aromatic heterocycles. The summed E-state index contributed by atoms with van der Waals surface area (Å²) in [5.41, 5.74) is 3.64. The Morgan fingerprint density at radius 2 is 1.07 bits per heavy atom. The van der Waals surface area contributed by atoms with Gasteiger partial charge in [-0.15, -0.1) is 26.3 Å². The molecule has 14 nitrogen and oxygen atoms in total. The van der Waals surface area contributed by atoms with E-state index in [1.54, 1.807) is 62.4 Å². The van der Waals surface area contributed by atoms with Crippen molar-refractivity contribution in [1.29, 1.82) is 0 Å². The number of hydrogen-bond donors (Lipinski definition) is 2. The van der Waals surface area contributed by atoms with Crippen LogP contribution >= 0.6 is 35.1 Å². The summed E-state index contributed by atoms with van der Waals surface area (Å²) in [5, 5.41) is 12.2. The number of anilines is 4. The molecule has 1 fully saturated rings. The van der Waals surface area contributed by atoms with Gasteiger partial charge in [0.15, 0.2) is 0 Å². The number of carbonyl (C=O) groups excluding carboxylic acids is 2. The number of alkyl halides is 6. The molecule has 510 valence electrons. The molecule has 94 heavy (non-hydrogen) atoms. The number of allylic oxidation sites excluding steroid dienone is 6. The van der Waals surface area contributed by atoms with Crippen LogP contribution in [-0.2, 0) is 30.4 Å². The molecule has 2 N–H and O–H groups in total. The smallest absolute Gasteiger partial charge is 0.406 e. The first kappa shape index (κ1) is 73.5. The average molecular weight is 1380 g/mol. The number of ether oxygens (including phenoxy) is 2. The summed E-state index contributed by atoms with van der Waals surface area (Å²) >= 11 is 15.0. The fourth-order valence-corrected chi connectivity index (χ4v) is 15.1. The first-order chi connectivity index (χ1) is 44.6. The lowest BCUT2D eigenvalue weighted by atomic mass is 9.83. The van der Waals surface area contributed by atoms with Crippen molar-refractivity contribution in [1.82, 2.24) is 9.44 Å². The van der Waals surface area contributed by atoms with E-state index in [0.717, 1.165) is 51.4 Å². The Labute approximate surface area is 564 Å². The van der Waals surface area contributed by atoms with E-state index in [1.165, 1.54) is 115 Å². The predicted octanol–water partition coefficient (Wildman–Crippen LogP) is 19.1. The van der Waals surface area contributed by atoms with Crippen molar-refractivity contribution in [2.75, 3.05) is 39.5 Å². The molecule has 0 atom stereocenters. The lowest BCUT2D eigenvalue weighted by Gasteiger charge is -2.29. The second-order valence-corrected chi connectivity index (χ2v) is 28.4. The molecule has 2 amide bonds. The van der Waals surface area contributed by atoms with Crippen LogP contribution in [0.15, 0.2) is 140 Å². The van der Waals surface area contributed by atoms with Crippen LogP contribution in [0.1, 0.15) is 183 Å². The molecule has 0 unspecified atom stereocenters. The second-order valence-electron chi connectivity index (χ2n) is 24.9. The zero-order valence-corrected chi connectivity index (χ0v) is 58.1. The summed E-state index contributed by atoms with van der Waals surface area (Å²) in [6, 6.07) is 17.9. The summed E-state index contributed by atoms with van der Waals surface area (Å²) in [7, 11) is -3.82. The Morgan fingerprint density at radius 1 is 0.606 bits per heavy atom. The number of nitrogens with zero attached hydrogens (tertiary/aromatic N) is 6. The van der Waals surface area contributed by atoms with Gasteiger partial charge in [0.2, 0.25) is 10.0 Å². The van der Waals surface area contributed by atoms with Gasteiger partial charge in [0.25, 0.3) is 11.8 Å². The summed E-state index contributed by atoms with van der Waals surface area (Å²) < 4.78 is 123. The van der Waals surface area contributed by atoms with Crippen molar-refractivity contribution in [2.45, 2.75) is 211 Å². The molecule has 4 aromatic rings. The molecule has 1 saturated carbocycles. The number of carbonyl (C=O) groups is 2. The van der Waals surface area contributed by atoms with Crippen LogP contribution in [0.4, 0.5) is 49.1 Å². The van der Waals surface area contributed by atoms with Gasteiger partial charge in [0.05, 0.1) is 48.9 Å². The highest BCUT2D eigenvalue weighted by molar-refractivity contribution is 7.97. The van der Waals surface area contributed by atoms with E-state index in [1.807, 2.05) is 51.3 Å². The van der Waals surface area contributed by atoms with Crippen molar-refractivity contribution in [2.24, 2.45) is 10.2 Å². The maximum absolute atomic E-state index is 14.3. The van der Waals surface area contributed by atoms with Crippen LogP contribution in [0.25, 0.3) is 0 Å². The van der Waals surface area contributed by atoms with E-state index in [0.29, 0.717) is 105 Å². The first-order valence-electron chi connectivity index (χ1n) is 32.6. The Morgan fingerprint density at radius 3 is 1.56 bits per heavy atom. The fraction of sp³-hybridized carbons (Fsp3) is 0.486. The van der Waals surface area contributed by atoms with Gasteiger partial charge >= 0.3 is 12.7 Å². The van der Waals surface area contributed by atoms with Gasteiger partial charge < -0.3 is 19.3 Å². The number of amides is 2. The molecule has 0 radical (unpaired) electrons. The summed E-state index contributed by atoms with van der Waals surface area (Å²) in [6.45, 7) is 18.0. The van der Waals surface area contributed by atoms with Crippen molar-refractivity contribution in [3.8, 4) is 11.5 Å². The van der Waals surface area contributed by atoms with Gasteiger partial charge in [-0.05, 0) is 166 Å². The van der Waals surface area contributed by atoms with Crippen molar-refractivity contribution in [3.05, 3.63) is 141 Å². The first-order valence-corrected chi connectivity index (χ1v) is 35.6. The number of unbranched alkanes of at least 4 members (excludes halogenated alkanes) is 10. The third-order valence-electron chi connectivity index (χ3n) is 17.5. The van der Waals surface area contributed by atoms with Crippen LogP contribution in [0, 0.1) is 0 Å². The van der Waals surface area contributed by atoms with Crippen molar-refractivity contribution < 1.29 is 53.8 Å². The van der Waals surface area contributed by atoms with Crippen LogP contribution in [-0.4, -0.2) is 70.1 Å². The highest BCUT2D eigenvalue weighted by Crippen LogP contribution is 2.52. The Hall–Kier alpha value is -6.30. The normalized spacial score (nSPS) is 19.0. The van der Waals surface area contributed by atoms with E-state index in [9.17, 15) is 44.3 Å². The lowest BCUT2D eigenvalue weighted by Crippen LogP contribution is -2.29. The quantitative estimate of drug-likeness (QED) is 0.0256. The molecule has 1 aliphatic carbocycles. The van der Waals surface area contributed by atoms with Gasteiger partial charge in [0, 0.05) is 64.2 Å². The third kappa shape index (κ3) is 17.8. The van der Waals surface area contributed by atoms with Crippen LogP contribution in [0.2, 0.25) is 10.0 Å². The zero-order chi connectivity index (χ0) is 68.3. The summed E-state index contributed by atoms with van der Waals surface area (Å²) in [5.74, 6) is -1.75. The van der Waals surface area contributed by atoms with E-state index in [2.05, 4.69) is 36.0 Å². The van der Waals surface area contributed by atoms with Gasteiger partial charge in [-0.2, -0.15) is 20.2 Å². The third-order valence-corrected chi connectivity index (χ3v) is 20.7. The minimum Gasteiger partial charge on any atom is -0.406 e. The number of sulfonamides is 1. The lowest BCUT2D eigenvalue weighted by molar-refractivity contribution is -0.275. The predicted molar refractivity (Wildman–Crippen MR) is 367 cm³/mol. The molecular formula is C70H86Cl2F6N8O6S2.